The Hall–Kier alpha value is -2.16. The maximum absolute atomic E-state index is 12.9. The van der Waals surface area contributed by atoms with Gasteiger partial charge in [0.2, 0.25) is 0 Å². The topological polar surface area (TPSA) is 109 Å². The molecule has 1 amide bonds. The summed E-state index contributed by atoms with van der Waals surface area (Å²) < 4.78 is 5.57. The number of carbonyl (C=O) groups is 1. The van der Waals surface area contributed by atoms with Gasteiger partial charge in [-0.2, -0.15) is 0 Å². The molecule has 150 valence electrons. The summed E-state index contributed by atoms with van der Waals surface area (Å²) in [5, 5.41) is 27.3. The second kappa shape index (κ2) is 8.24. The molecule has 0 fully saturated rings. The van der Waals surface area contributed by atoms with Crippen LogP contribution in [0.4, 0.5) is 4.79 Å². The minimum Gasteiger partial charge on any atom is -0.444 e. The number of aliphatic hydroxyl groups is 1. The number of likely N-dealkylation sites (N-methyl/N-ethyl adjacent to an activating group) is 1. The number of benzene rings is 1. The molecule has 0 saturated heterocycles. The van der Waals surface area contributed by atoms with E-state index in [0.29, 0.717) is 18.4 Å². The summed E-state index contributed by atoms with van der Waals surface area (Å²) in [5.74, 6) is -0.0790. The van der Waals surface area contributed by atoms with Crippen molar-refractivity contribution in [3.63, 3.8) is 0 Å². The fraction of sp³-hybridized carbons (Fsp3) is 0.579. The quantitative estimate of drug-likeness (QED) is 0.270. The fourth-order valence-electron chi connectivity index (χ4n) is 3.24. The third-order valence-corrected chi connectivity index (χ3v) is 4.58. The molecule has 4 N–H and O–H groups in total. The molecule has 1 aromatic carbocycles. The van der Waals surface area contributed by atoms with E-state index in [1.54, 1.807) is 56.8 Å². The van der Waals surface area contributed by atoms with Gasteiger partial charge in [0, 0.05) is 5.56 Å². The van der Waals surface area contributed by atoms with Gasteiger partial charge < -0.3 is 9.84 Å². The van der Waals surface area contributed by atoms with Crippen LogP contribution >= 0.6 is 0 Å². The smallest absolute Gasteiger partial charge is 0.410 e. The summed E-state index contributed by atoms with van der Waals surface area (Å²) in [6, 6.07) is 5.21. The molecule has 0 aromatic heterocycles. The molecule has 2 rings (SSSR count). The lowest BCUT2D eigenvalue weighted by Crippen LogP contribution is -2.46. The van der Waals surface area contributed by atoms with Gasteiger partial charge in [0.1, 0.15) is 17.7 Å². The molecule has 0 spiro atoms. The first kappa shape index (κ1) is 21.1. The molecule has 0 aliphatic heterocycles. The molecule has 0 radical (unpaired) electrons. The molecule has 27 heavy (non-hydrogen) atoms. The van der Waals surface area contributed by atoms with Crippen molar-refractivity contribution in [2.75, 3.05) is 20.6 Å². The SMILES string of the molecule is CN(C)C(O)CN(C(=O)OC(C)(C)C)[C@H]1CCc2c(C(=N)NO)cccc21. The zero-order chi connectivity index (χ0) is 20.4. The van der Waals surface area contributed by atoms with E-state index in [1.807, 2.05) is 11.5 Å². The van der Waals surface area contributed by atoms with Gasteiger partial charge in [0.15, 0.2) is 0 Å². The summed E-state index contributed by atoms with van der Waals surface area (Å²) in [5.41, 5.74) is 3.67. The molecule has 8 nitrogen and oxygen atoms in total. The van der Waals surface area contributed by atoms with E-state index in [0.717, 1.165) is 11.1 Å². The Morgan fingerprint density at radius 1 is 1.41 bits per heavy atom. The van der Waals surface area contributed by atoms with Gasteiger partial charge in [-0.1, -0.05) is 18.2 Å². The predicted molar refractivity (Wildman–Crippen MR) is 102 cm³/mol. The second-order valence-corrected chi connectivity index (χ2v) is 7.99. The molecular formula is C19H30N4O4. The van der Waals surface area contributed by atoms with Crippen LogP contribution < -0.4 is 5.48 Å². The molecule has 0 saturated carbocycles. The number of fused-ring (bicyclic) bond motifs is 1. The average molecular weight is 378 g/mol. The van der Waals surface area contributed by atoms with Crippen LogP contribution in [0.15, 0.2) is 18.2 Å². The van der Waals surface area contributed by atoms with Crippen LogP contribution in [0.1, 0.15) is 49.9 Å². The number of hydrogen-bond acceptors (Lipinski definition) is 6. The Balaban J connectivity index is 2.38. The van der Waals surface area contributed by atoms with Gasteiger partial charge in [0.05, 0.1) is 12.6 Å². The molecule has 8 heteroatoms. The van der Waals surface area contributed by atoms with Crippen LogP contribution in [-0.2, 0) is 11.2 Å². The largest absolute Gasteiger partial charge is 0.444 e. The lowest BCUT2D eigenvalue weighted by Gasteiger charge is -2.34. The second-order valence-electron chi connectivity index (χ2n) is 7.99. The molecule has 1 aliphatic rings. The minimum absolute atomic E-state index is 0.0790. The predicted octanol–water partition coefficient (Wildman–Crippen LogP) is 2.10. The maximum Gasteiger partial charge on any atom is 0.410 e. The minimum atomic E-state index is -0.831. The summed E-state index contributed by atoms with van der Waals surface area (Å²) in [6.45, 7) is 5.52. The van der Waals surface area contributed by atoms with Crippen LogP contribution in [0.5, 0.6) is 0 Å². The van der Waals surface area contributed by atoms with Crippen LogP contribution in [0.2, 0.25) is 0 Å². The van der Waals surface area contributed by atoms with E-state index in [9.17, 15) is 9.90 Å². The molecule has 1 aromatic rings. The lowest BCUT2D eigenvalue weighted by atomic mass is 10.0. The van der Waals surface area contributed by atoms with Crippen molar-refractivity contribution in [2.45, 2.75) is 51.5 Å². The number of aliphatic hydroxyl groups excluding tert-OH is 1. The number of hydrogen-bond donors (Lipinski definition) is 4. The van der Waals surface area contributed by atoms with Gasteiger partial charge in [-0.3, -0.25) is 25.9 Å². The van der Waals surface area contributed by atoms with Crippen molar-refractivity contribution < 1.29 is 19.8 Å². The lowest BCUT2D eigenvalue weighted by molar-refractivity contribution is -0.0242. The number of carbonyl (C=O) groups excluding carboxylic acids is 1. The van der Waals surface area contributed by atoms with E-state index in [1.165, 1.54) is 0 Å². The van der Waals surface area contributed by atoms with Crippen molar-refractivity contribution in [1.29, 1.82) is 5.41 Å². The Morgan fingerprint density at radius 2 is 2.07 bits per heavy atom. The highest BCUT2D eigenvalue weighted by Gasteiger charge is 2.36. The van der Waals surface area contributed by atoms with E-state index >= 15 is 0 Å². The van der Waals surface area contributed by atoms with Crippen molar-refractivity contribution in [1.82, 2.24) is 15.3 Å². The number of hydroxylamine groups is 1. The van der Waals surface area contributed by atoms with E-state index in [4.69, 9.17) is 15.4 Å². The summed E-state index contributed by atoms with van der Waals surface area (Å²) >= 11 is 0. The van der Waals surface area contributed by atoms with Crippen molar-refractivity contribution in [2.24, 2.45) is 0 Å². The Bertz CT molecular complexity index is 699. The zero-order valence-electron chi connectivity index (χ0n) is 16.6. The van der Waals surface area contributed by atoms with Gasteiger partial charge >= 0.3 is 6.09 Å². The first-order valence-corrected chi connectivity index (χ1v) is 9.00. The number of ether oxygens (including phenoxy) is 1. The first-order valence-electron chi connectivity index (χ1n) is 9.00. The van der Waals surface area contributed by atoms with E-state index in [2.05, 4.69) is 0 Å². The summed E-state index contributed by atoms with van der Waals surface area (Å²) in [6.07, 6.45) is 0.00588. The van der Waals surface area contributed by atoms with E-state index < -0.39 is 17.9 Å². The number of nitrogens with zero attached hydrogens (tertiary/aromatic N) is 2. The highest BCUT2D eigenvalue weighted by atomic mass is 16.6. The molecule has 1 unspecified atom stereocenters. The zero-order valence-corrected chi connectivity index (χ0v) is 16.6. The van der Waals surface area contributed by atoms with Gasteiger partial charge in [-0.15, -0.1) is 0 Å². The van der Waals surface area contributed by atoms with Gasteiger partial charge in [-0.25, -0.2) is 4.79 Å². The third kappa shape index (κ3) is 4.97. The van der Waals surface area contributed by atoms with Crippen LogP contribution in [-0.4, -0.2) is 64.5 Å². The Morgan fingerprint density at radius 3 is 2.63 bits per heavy atom. The van der Waals surface area contributed by atoms with Crippen LogP contribution in [0.3, 0.4) is 0 Å². The summed E-state index contributed by atoms with van der Waals surface area (Å²) in [7, 11) is 3.49. The number of amidine groups is 1. The molecule has 0 bridgehead atoms. The van der Waals surface area contributed by atoms with Crippen molar-refractivity contribution in [3.8, 4) is 0 Å². The van der Waals surface area contributed by atoms with E-state index in [-0.39, 0.29) is 18.4 Å². The number of amides is 1. The standard InChI is InChI=1S/C19H30N4O4/c1-19(2,3)27-18(25)23(11-16(24)22(4)5)15-10-9-12-13(15)7-6-8-14(12)17(20)21-26/h6-8,15-16,24,26H,9-11H2,1-5H3,(H2,20,21)/t15-,16?/m0/s1. The monoisotopic (exact) mass is 378 g/mol. The molecule has 1 aliphatic carbocycles. The van der Waals surface area contributed by atoms with Crippen molar-refractivity contribution >= 4 is 11.9 Å². The van der Waals surface area contributed by atoms with Gasteiger partial charge in [-0.05, 0) is 58.8 Å². The normalized spacial score (nSPS) is 17.4. The first-order chi connectivity index (χ1) is 12.5. The fourth-order valence-corrected chi connectivity index (χ4v) is 3.24. The molecule has 2 atom stereocenters. The highest BCUT2D eigenvalue weighted by Crippen LogP contribution is 2.38. The number of nitrogens with one attached hydrogen (secondary N) is 2. The Labute approximate surface area is 160 Å². The molecule has 0 heterocycles. The Kier molecular flexibility index (Phi) is 6.46. The van der Waals surface area contributed by atoms with Crippen molar-refractivity contribution in [3.05, 3.63) is 34.9 Å². The maximum atomic E-state index is 12.9. The average Bonchev–Trinajstić information content (AvgIpc) is 3.00. The molecular weight excluding hydrogens is 348 g/mol. The van der Waals surface area contributed by atoms with Gasteiger partial charge in [0.25, 0.3) is 0 Å². The van der Waals surface area contributed by atoms with Crippen LogP contribution in [0, 0.1) is 5.41 Å². The number of rotatable bonds is 5. The highest BCUT2D eigenvalue weighted by molar-refractivity contribution is 5.97. The summed E-state index contributed by atoms with van der Waals surface area (Å²) in [4.78, 5) is 16.1. The van der Waals surface area contributed by atoms with Crippen LogP contribution in [0.25, 0.3) is 0 Å². The third-order valence-electron chi connectivity index (χ3n) is 4.58.